The molecule has 0 saturated heterocycles. The van der Waals surface area contributed by atoms with E-state index in [9.17, 15) is 14.9 Å². The van der Waals surface area contributed by atoms with Crippen molar-refractivity contribution in [3.63, 3.8) is 0 Å². The number of nitrogens with one attached hydrogen (secondary N) is 1. The highest BCUT2D eigenvalue weighted by Gasteiger charge is 2.21. The van der Waals surface area contributed by atoms with Crippen LogP contribution in [0.1, 0.15) is 47.5 Å². The molecule has 0 bridgehead atoms. The molecule has 3 heterocycles. The van der Waals surface area contributed by atoms with E-state index < -0.39 is 4.92 Å². The fourth-order valence-corrected chi connectivity index (χ4v) is 3.26. The maximum atomic E-state index is 12.5. The molecule has 1 amide bonds. The van der Waals surface area contributed by atoms with Crippen molar-refractivity contribution in [2.45, 2.75) is 39.9 Å². The Morgan fingerprint density at radius 2 is 2.11 bits per heavy atom. The number of hydrogen-bond donors (Lipinski definition) is 1. The molecule has 0 saturated carbocycles. The normalized spacial score (nSPS) is 12.1. The number of hydrogen-bond acceptors (Lipinski definition) is 6. The van der Waals surface area contributed by atoms with Crippen molar-refractivity contribution >= 4 is 27.7 Å². The van der Waals surface area contributed by atoms with Gasteiger partial charge in [0.05, 0.1) is 23.0 Å². The predicted octanol–water partition coefficient (Wildman–Crippen LogP) is 3.21. The molecule has 1 N–H and O–H groups in total. The van der Waals surface area contributed by atoms with Crippen LogP contribution < -0.4 is 5.32 Å². The van der Waals surface area contributed by atoms with Crippen LogP contribution in [0.25, 0.3) is 0 Å². The first-order chi connectivity index (χ1) is 13.3. The van der Waals surface area contributed by atoms with Gasteiger partial charge in [0, 0.05) is 18.3 Å². The SMILES string of the molecule is CCn1cc(C(C)NC(=O)c2ccc(Cn3cc(Br)c([N+](=O)[O-])n3)o2)c(C)n1. The summed E-state index contributed by atoms with van der Waals surface area (Å²) < 4.78 is 9.04. The first-order valence-electron chi connectivity index (χ1n) is 8.59. The lowest BCUT2D eigenvalue weighted by atomic mass is 10.1. The number of nitrogens with zero attached hydrogens (tertiary/aromatic N) is 5. The number of amides is 1. The second-order valence-electron chi connectivity index (χ2n) is 6.24. The summed E-state index contributed by atoms with van der Waals surface area (Å²) in [7, 11) is 0. The Hall–Kier alpha value is -2.95. The zero-order valence-corrected chi connectivity index (χ0v) is 17.1. The molecule has 3 aromatic heterocycles. The molecule has 0 fully saturated rings. The summed E-state index contributed by atoms with van der Waals surface area (Å²) in [5, 5.41) is 22.0. The minimum absolute atomic E-state index is 0.156. The minimum atomic E-state index is -0.578. The topological polar surface area (TPSA) is 121 Å². The van der Waals surface area contributed by atoms with E-state index in [1.807, 2.05) is 31.6 Å². The number of carbonyl (C=O) groups excluding carboxylic acids is 1. The molecule has 148 valence electrons. The van der Waals surface area contributed by atoms with Crippen molar-refractivity contribution in [1.29, 1.82) is 0 Å². The summed E-state index contributed by atoms with van der Waals surface area (Å²) in [5.74, 6) is -0.0165. The van der Waals surface area contributed by atoms with Crippen LogP contribution in [0, 0.1) is 17.0 Å². The summed E-state index contributed by atoms with van der Waals surface area (Å²) in [6, 6.07) is 2.97. The van der Waals surface area contributed by atoms with E-state index in [1.165, 1.54) is 10.9 Å². The molecule has 1 unspecified atom stereocenters. The fourth-order valence-electron chi connectivity index (χ4n) is 2.80. The van der Waals surface area contributed by atoms with E-state index in [-0.39, 0.29) is 34.5 Å². The van der Waals surface area contributed by atoms with Crippen LogP contribution in [0.3, 0.4) is 0 Å². The smallest absolute Gasteiger partial charge is 0.404 e. The molecule has 10 nitrogen and oxygen atoms in total. The number of carbonyl (C=O) groups is 1. The van der Waals surface area contributed by atoms with Gasteiger partial charge in [-0.15, -0.1) is 0 Å². The lowest BCUT2D eigenvalue weighted by Crippen LogP contribution is -2.26. The first-order valence-corrected chi connectivity index (χ1v) is 9.38. The molecule has 0 spiro atoms. The number of furan rings is 1. The standard InChI is InChI=1S/C17H19BrN6O4/c1-4-22-8-13(11(3)20-22)10(2)19-17(25)15-6-5-12(28-15)7-23-9-14(18)16(21-23)24(26)27/h5-6,8-10H,4,7H2,1-3H3,(H,19,25). The molecule has 28 heavy (non-hydrogen) atoms. The van der Waals surface area contributed by atoms with Crippen molar-refractivity contribution < 1.29 is 14.1 Å². The van der Waals surface area contributed by atoms with Crippen LogP contribution in [0.4, 0.5) is 5.82 Å². The highest BCUT2D eigenvalue weighted by atomic mass is 79.9. The van der Waals surface area contributed by atoms with Gasteiger partial charge < -0.3 is 19.8 Å². The van der Waals surface area contributed by atoms with Crippen LogP contribution >= 0.6 is 15.9 Å². The Morgan fingerprint density at radius 3 is 2.71 bits per heavy atom. The Balaban J connectivity index is 1.67. The lowest BCUT2D eigenvalue weighted by molar-refractivity contribution is -0.390. The number of rotatable bonds is 7. The zero-order valence-electron chi connectivity index (χ0n) is 15.5. The van der Waals surface area contributed by atoms with Crippen LogP contribution in [0.2, 0.25) is 0 Å². The number of aromatic nitrogens is 4. The maximum Gasteiger partial charge on any atom is 0.404 e. The van der Waals surface area contributed by atoms with Gasteiger partial charge in [-0.3, -0.25) is 9.48 Å². The number of aryl methyl sites for hydroxylation is 2. The van der Waals surface area contributed by atoms with Crippen LogP contribution in [0.15, 0.2) is 33.4 Å². The monoisotopic (exact) mass is 450 g/mol. The van der Waals surface area contributed by atoms with Crippen molar-refractivity contribution in [3.05, 3.63) is 61.9 Å². The molecule has 0 aliphatic rings. The summed E-state index contributed by atoms with van der Waals surface area (Å²) in [4.78, 5) is 22.8. The van der Waals surface area contributed by atoms with E-state index in [0.717, 1.165) is 17.8 Å². The first kappa shape index (κ1) is 19.8. The van der Waals surface area contributed by atoms with Crippen molar-refractivity contribution in [3.8, 4) is 0 Å². The second-order valence-corrected chi connectivity index (χ2v) is 7.10. The van der Waals surface area contributed by atoms with E-state index in [4.69, 9.17) is 4.42 Å². The molecular formula is C17H19BrN6O4. The van der Waals surface area contributed by atoms with Gasteiger partial charge in [-0.05, 0) is 53.8 Å². The predicted molar refractivity (Wildman–Crippen MR) is 103 cm³/mol. The van der Waals surface area contributed by atoms with E-state index in [0.29, 0.717) is 5.76 Å². The summed E-state index contributed by atoms with van der Waals surface area (Å²) in [6.07, 6.45) is 3.40. The zero-order chi connectivity index (χ0) is 20.4. The van der Waals surface area contributed by atoms with Crippen molar-refractivity contribution in [1.82, 2.24) is 24.9 Å². The highest BCUT2D eigenvalue weighted by Crippen LogP contribution is 2.23. The molecule has 1 atom stereocenters. The Labute approximate surface area is 168 Å². The largest absolute Gasteiger partial charge is 0.454 e. The van der Waals surface area contributed by atoms with Gasteiger partial charge in [-0.25, -0.2) is 0 Å². The second kappa shape index (κ2) is 7.97. The molecule has 3 rings (SSSR count). The number of nitro groups is 1. The maximum absolute atomic E-state index is 12.5. The van der Waals surface area contributed by atoms with E-state index in [1.54, 1.807) is 12.1 Å². The van der Waals surface area contributed by atoms with E-state index in [2.05, 4.69) is 31.4 Å². The third-order valence-electron chi connectivity index (χ3n) is 4.20. The molecule has 3 aromatic rings. The molecule has 0 aliphatic heterocycles. The molecule has 0 aliphatic carbocycles. The molecular weight excluding hydrogens is 432 g/mol. The molecule has 11 heteroatoms. The number of halogens is 1. The van der Waals surface area contributed by atoms with Gasteiger partial charge in [-0.1, -0.05) is 0 Å². The van der Waals surface area contributed by atoms with Gasteiger partial charge in [-0.2, -0.15) is 9.78 Å². The summed E-state index contributed by atoms with van der Waals surface area (Å²) in [5.41, 5.74) is 1.80. The van der Waals surface area contributed by atoms with Gasteiger partial charge in [0.2, 0.25) is 0 Å². The van der Waals surface area contributed by atoms with Gasteiger partial charge in [0.15, 0.2) is 5.76 Å². The molecule has 0 radical (unpaired) electrons. The summed E-state index contributed by atoms with van der Waals surface area (Å²) >= 11 is 3.09. The Bertz CT molecular complexity index is 1020. The minimum Gasteiger partial charge on any atom is -0.454 e. The Kier molecular flexibility index (Phi) is 5.63. The van der Waals surface area contributed by atoms with Crippen molar-refractivity contribution in [2.24, 2.45) is 0 Å². The average Bonchev–Trinajstić information content (AvgIpc) is 3.33. The average molecular weight is 451 g/mol. The Morgan fingerprint density at radius 1 is 1.36 bits per heavy atom. The fraction of sp³-hybridized carbons (Fsp3) is 0.353. The van der Waals surface area contributed by atoms with Gasteiger partial charge in [0.1, 0.15) is 16.8 Å². The highest BCUT2D eigenvalue weighted by molar-refractivity contribution is 9.10. The third kappa shape index (κ3) is 4.14. The van der Waals surface area contributed by atoms with Crippen LogP contribution in [-0.4, -0.2) is 30.4 Å². The summed E-state index contributed by atoms with van der Waals surface area (Å²) in [6.45, 7) is 6.70. The quantitative estimate of drug-likeness (QED) is 0.435. The van der Waals surface area contributed by atoms with Crippen molar-refractivity contribution in [2.75, 3.05) is 0 Å². The van der Waals surface area contributed by atoms with E-state index >= 15 is 0 Å². The van der Waals surface area contributed by atoms with Crippen LogP contribution in [0.5, 0.6) is 0 Å². The van der Waals surface area contributed by atoms with Crippen LogP contribution in [-0.2, 0) is 13.1 Å². The van der Waals surface area contributed by atoms with Gasteiger partial charge >= 0.3 is 5.82 Å². The molecule has 0 aromatic carbocycles. The van der Waals surface area contributed by atoms with Gasteiger partial charge in [0.25, 0.3) is 5.91 Å². The third-order valence-corrected chi connectivity index (χ3v) is 4.76. The lowest BCUT2D eigenvalue weighted by Gasteiger charge is -2.11.